The first kappa shape index (κ1) is 19.8. The van der Waals surface area contributed by atoms with Crippen molar-refractivity contribution in [1.82, 2.24) is 15.5 Å². The molecule has 1 aromatic rings. The predicted octanol–water partition coefficient (Wildman–Crippen LogP) is 2.63. The second-order valence-electron chi connectivity index (χ2n) is 7.59. The number of fused-ring (bicyclic) bond motifs is 1. The number of hydrogen-bond donors (Lipinski definition) is 2. The molecule has 0 aromatic heterocycles. The molecular weight excluding hydrogens is 340 g/mol. The lowest BCUT2D eigenvalue weighted by molar-refractivity contribution is 0.174. The average Bonchev–Trinajstić information content (AvgIpc) is 3.15. The Labute approximate surface area is 163 Å². The van der Waals surface area contributed by atoms with Crippen molar-refractivity contribution in [3.63, 3.8) is 0 Å². The first-order chi connectivity index (χ1) is 13.2. The van der Waals surface area contributed by atoms with Crippen LogP contribution in [0.2, 0.25) is 0 Å². The normalized spacial score (nSPS) is 17.9. The highest BCUT2D eigenvalue weighted by Crippen LogP contribution is 2.32. The highest BCUT2D eigenvalue weighted by molar-refractivity contribution is 5.79. The third-order valence-electron chi connectivity index (χ3n) is 5.44. The Morgan fingerprint density at radius 3 is 2.70 bits per heavy atom. The Morgan fingerprint density at radius 1 is 1.11 bits per heavy atom. The molecule has 150 valence electrons. The summed E-state index contributed by atoms with van der Waals surface area (Å²) in [5, 5.41) is 6.80. The van der Waals surface area contributed by atoms with Crippen LogP contribution in [0.1, 0.15) is 38.2 Å². The first-order valence-corrected chi connectivity index (χ1v) is 10.3. The summed E-state index contributed by atoms with van der Waals surface area (Å²) in [6.45, 7) is 8.27. The van der Waals surface area contributed by atoms with Crippen molar-refractivity contribution < 1.29 is 9.47 Å². The molecule has 0 bridgehead atoms. The molecule has 2 aliphatic heterocycles. The quantitative estimate of drug-likeness (QED) is 0.416. The number of unbranched alkanes of at least 4 members (excludes halogenated alkanes) is 1. The fourth-order valence-corrected chi connectivity index (χ4v) is 3.60. The van der Waals surface area contributed by atoms with Crippen LogP contribution in [-0.4, -0.2) is 57.4 Å². The van der Waals surface area contributed by atoms with Crippen LogP contribution in [0.15, 0.2) is 23.2 Å². The summed E-state index contributed by atoms with van der Waals surface area (Å²) in [7, 11) is 1.82. The molecule has 6 nitrogen and oxygen atoms in total. The van der Waals surface area contributed by atoms with Gasteiger partial charge in [0.25, 0.3) is 0 Å². The molecule has 0 saturated carbocycles. The van der Waals surface area contributed by atoms with E-state index in [0.717, 1.165) is 42.9 Å². The SMILES string of the molecule is CN=C(NCCCCN1CCC(C)CC1)NCCc1ccc2c(c1)OCO2. The molecule has 0 unspecified atom stereocenters. The number of hydrogen-bond acceptors (Lipinski definition) is 4. The lowest BCUT2D eigenvalue weighted by Crippen LogP contribution is -2.39. The minimum absolute atomic E-state index is 0.324. The van der Waals surface area contributed by atoms with Crippen LogP contribution in [0.25, 0.3) is 0 Å². The molecule has 1 fully saturated rings. The largest absolute Gasteiger partial charge is 0.454 e. The van der Waals surface area contributed by atoms with E-state index in [0.29, 0.717) is 6.79 Å². The van der Waals surface area contributed by atoms with Gasteiger partial charge in [-0.15, -0.1) is 0 Å². The molecule has 6 heteroatoms. The third kappa shape index (κ3) is 6.31. The van der Waals surface area contributed by atoms with Gasteiger partial charge in [-0.1, -0.05) is 13.0 Å². The minimum Gasteiger partial charge on any atom is -0.454 e. The Kier molecular flexibility index (Phi) is 7.63. The van der Waals surface area contributed by atoms with Crippen molar-refractivity contribution in [2.75, 3.05) is 46.6 Å². The fraction of sp³-hybridized carbons (Fsp3) is 0.667. The van der Waals surface area contributed by atoms with Crippen LogP contribution in [-0.2, 0) is 6.42 Å². The number of nitrogens with zero attached hydrogens (tertiary/aromatic N) is 2. The number of ether oxygens (including phenoxy) is 2. The molecule has 3 rings (SSSR count). The van der Waals surface area contributed by atoms with E-state index >= 15 is 0 Å². The number of nitrogens with one attached hydrogen (secondary N) is 2. The summed E-state index contributed by atoms with van der Waals surface area (Å²) in [6, 6.07) is 6.13. The van der Waals surface area contributed by atoms with Gasteiger partial charge in [0.2, 0.25) is 6.79 Å². The topological polar surface area (TPSA) is 58.1 Å². The van der Waals surface area contributed by atoms with Crippen LogP contribution < -0.4 is 20.1 Å². The second kappa shape index (κ2) is 10.4. The molecule has 0 atom stereocenters. The van der Waals surface area contributed by atoms with Gasteiger partial charge in [-0.3, -0.25) is 4.99 Å². The van der Waals surface area contributed by atoms with E-state index < -0.39 is 0 Å². The first-order valence-electron chi connectivity index (χ1n) is 10.3. The molecule has 0 aliphatic carbocycles. The summed E-state index contributed by atoms with van der Waals surface area (Å²) >= 11 is 0. The van der Waals surface area contributed by atoms with Crippen LogP contribution in [0.5, 0.6) is 11.5 Å². The summed E-state index contributed by atoms with van der Waals surface area (Å²) in [5.41, 5.74) is 1.23. The lowest BCUT2D eigenvalue weighted by Gasteiger charge is -2.30. The van der Waals surface area contributed by atoms with Crippen molar-refractivity contribution in [2.45, 2.75) is 39.0 Å². The number of piperidine rings is 1. The fourth-order valence-electron chi connectivity index (χ4n) is 3.60. The second-order valence-corrected chi connectivity index (χ2v) is 7.59. The summed E-state index contributed by atoms with van der Waals surface area (Å²) in [5.74, 6) is 3.47. The highest BCUT2D eigenvalue weighted by atomic mass is 16.7. The number of likely N-dealkylation sites (tertiary alicyclic amines) is 1. The van der Waals surface area contributed by atoms with E-state index in [4.69, 9.17) is 9.47 Å². The van der Waals surface area contributed by atoms with Crippen molar-refractivity contribution in [1.29, 1.82) is 0 Å². The van der Waals surface area contributed by atoms with Gasteiger partial charge in [0.15, 0.2) is 17.5 Å². The molecule has 2 aliphatic rings. The Balaban J connectivity index is 1.26. The van der Waals surface area contributed by atoms with Gasteiger partial charge < -0.3 is 25.0 Å². The number of guanidine groups is 1. The van der Waals surface area contributed by atoms with Gasteiger partial charge in [-0.2, -0.15) is 0 Å². The summed E-state index contributed by atoms with van der Waals surface area (Å²) in [4.78, 5) is 6.92. The van der Waals surface area contributed by atoms with Crippen LogP contribution >= 0.6 is 0 Å². The van der Waals surface area contributed by atoms with E-state index in [-0.39, 0.29) is 0 Å². The summed E-state index contributed by atoms with van der Waals surface area (Å²) < 4.78 is 10.8. The van der Waals surface area contributed by atoms with Crippen molar-refractivity contribution in [2.24, 2.45) is 10.9 Å². The van der Waals surface area contributed by atoms with Gasteiger partial charge in [-0.05, 0) is 75.4 Å². The minimum atomic E-state index is 0.324. The average molecular weight is 375 g/mol. The number of aliphatic imine (C=N–C) groups is 1. The van der Waals surface area contributed by atoms with E-state index in [1.165, 1.54) is 50.9 Å². The zero-order valence-corrected chi connectivity index (χ0v) is 16.8. The van der Waals surface area contributed by atoms with Gasteiger partial charge in [0, 0.05) is 20.1 Å². The maximum absolute atomic E-state index is 5.43. The molecule has 0 amide bonds. The van der Waals surface area contributed by atoms with Crippen LogP contribution in [0.3, 0.4) is 0 Å². The highest BCUT2D eigenvalue weighted by Gasteiger charge is 2.15. The lowest BCUT2D eigenvalue weighted by atomic mass is 9.99. The Hall–Kier alpha value is -1.95. The van der Waals surface area contributed by atoms with Crippen molar-refractivity contribution in [3.8, 4) is 11.5 Å². The molecule has 2 heterocycles. The molecule has 2 N–H and O–H groups in total. The van der Waals surface area contributed by atoms with E-state index in [9.17, 15) is 0 Å². The molecule has 1 saturated heterocycles. The molecule has 0 spiro atoms. The van der Waals surface area contributed by atoms with Gasteiger partial charge in [0.1, 0.15) is 0 Å². The standard InChI is InChI=1S/C21H34N4O2/c1-17-8-13-25(14-9-17)12-4-3-10-23-21(22-2)24-11-7-18-5-6-19-20(15-18)27-16-26-19/h5-6,15,17H,3-4,7-14,16H2,1-2H3,(H2,22,23,24). The third-order valence-corrected chi connectivity index (χ3v) is 5.44. The monoisotopic (exact) mass is 374 g/mol. The van der Waals surface area contributed by atoms with E-state index in [1.807, 2.05) is 13.1 Å². The Bertz CT molecular complexity index is 612. The zero-order valence-electron chi connectivity index (χ0n) is 16.8. The van der Waals surface area contributed by atoms with Crippen LogP contribution in [0, 0.1) is 5.92 Å². The number of benzene rings is 1. The number of rotatable bonds is 8. The van der Waals surface area contributed by atoms with Gasteiger partial charge in [0.05, 0.1) is 0 Å². The maximum Gasteiger partial charge on any atom is 0.231 e. The summed E-state index contributed by atoms with van der Waals surface area (Å²) in [6.07, 6.45) is 6.06. The van der Waals surface area contributed by atoms with Gasteiger partial charge >= 0.3 is 0 Å². The maximum atomic E-state index is 5.43. The molecular formula is C21H34N4O2. The molecule has 0 radical (unpaired) electrons. The zero-order chi connectivity index (χ0) is 18.9. The smallest absolute Gasteiger partial charge is 0.231 e. The van der Waals surface area contributed by atoms with Crippen LogP contribution in [0.4, 0.5) is 0 Å². The van der Waals surface area contributed by atoms with Gasteiger partial charge in [-0.25, -0.2) is 0 Å². The molecule has 27 heavy (non-hydrogen) atoms. The van der Waals surface area contributed by atoms with Crippen molar-refractivity contribution >= 4 is 5.96 Å². The predicted molar refractivity (Wildman–Crippen MR) is 110 cm³/mol. The van der Waals surface area contributed by atoms with Crippen molar-refractivity contribution in [3.05, 3.63) is 23.8 Å². The molecule has 1 aromatic carbocycles. The van der Waals surface area contributed by atoms with E-state index in [2.05, 4.69) is 39.6 Å². The Morgan fingerprint density at radius 2 is 1.89 bits per heavy atom. The van der Waals surface area contributed by atoms with E-state index in [1.54, 1.807) is 0 Å².